The lowest BCUT2D eigenvalue weighted by Gasteiger charge is -1.97. The van der Waals surface area contributed by atoms with Gasteiger partial charge in [0.25, 0.3) is 0 Å². The Bertz CT molecular complexity index is 5350. The minimum absolute atomic E-state index is 0.973. The molecular formula is C84H72O4S2. The molecule has 0 amide bonds. The Morgan fingerprint density at radius 1 is 0.211 bits per heavy atom. The van der Waals surface area contributed by atoms with Crippen molar-refractivity contribution in [1.82, 2.24) is 0 Å². The molecule has 0 unspecified atom stereocenters. The van der Waals surface area contributed by atoms with Gasteiger partial charge in [0.1, 0.15) is 44.7 Å². The molecule has 0 spiro atoms. The molecule has 0 fully saturated rings. The van der Waals surface area contributed by atoms with Crippen molar-refractivity contribution in [3.05, 3.63) is 285 Å². The number of rotatable bonds is 0. The van der Waals surface area contributed by atoms with Gasteiger partial charge in [-0.3, -0.25) is 0 Å². The SMILES string of the molecule is Cc1ccc(C)c2c1oc1ccccc12.Cc1ccc2c(c1)sc1cc(C)ccc12.Cc1ccc2oc3ccc(C)cc3c2c1.Cc1cccc2c1oc1c(C)cccc12.Cc1cccc2c1oc1cccc(C)c12.Cc1cccc2c1sc1c(C)cccc12. The predicted octanol–water partition coefficient (Wildman–Crippen LogP) is 26.2. The van der Waals surface area contributed by atoms with Crippen LogP contribution in [0.15, 0.2) is 236 Å². The summed E-state index contributed by atoms with van der Waals surface area (Å²) in [4.78, 5) is 0. The number of thiophene rings is 2. The molecule has 4 nitrogen and oxygen atoms in total. The van der Waals surface area contributed by atoms with Crippen LogP contribution >= 0.6 is 22.7 Å². The second-order valence-electron chi connectivity index (χ2n) is 24.2. The fourth-order valence-corrected chi connectivity index (χ4v) is 15.0. The highest BCUT2D eigenvalue weighted by Crippen LogP contribution is 2.40. The minimum Gasteiger partial charge on any atom is -0.456 e. The molecule has 0 aliphatic carbocycles. The van der Waals surface area contributed by atoms with E-state index in [1.807, 2.05) is 59.1 Å². The van der Waals surface area contributed by atoms with E-state index < -0.39 is 0 Å². The average molecular weight is 1210 g/mol. The smallest absolute Gasteiger partial charge is 0.138 e. The van der Waals surface area contributed by atoms with Crippen molar-refractivity contribution < 1.29 is 17.7 Å². The Balaban J connectivity index is 0.0000000991. The lowest BCUT2D eigenvalue weighted by atomic mass is 10.0. The number of furan rings is 4. The summed E-state index contributed by atoms with van der Waals surface area (Å²) in [7, 11) is 0. The van der Waals surface area contributed by atoms with E-state index in [1.165, 1.54) is 150 Å². The minimum atomic E-state index is 0.973. The largest absolute Gasteiger partial charge is 0.456 e. The van der Waals surface area contributed by atoms with Gasteiger partial charge in [-0.15, -0.1) is 22.7 Å². The first-order valence-electron chi connectivity index (χ1n) is 30.9. The van der Waals surface area contributed by atoms with E-state index in [0.29, 0.717) is 0 Å². The molecule has 18 aromatic rings. The zero-order valence-electron chi connectivity index (χ0n) is 53.2. The Morgan fingerprint density at radius 3 is 1.14 bits per heavy atom. The van der Waals surface area contributed by atoms with Crippen molar-refractivity contribution in [3.63, 3.8) is 0 Å². The average Bonchev–Trinajstić information content (AvgIpc) is 1.89. The van der Waals surface area contributed by atoms with Gasteiger partial charge in [0.2, 0.25) is 0 Å². The second kappa shape index (κ2) is 24.7. The quantitative estimate of drug-likeness (QED) is 0.152. The highest BCUT2D eigenvalue weighted by Gasteiger charge is 2.14. The van der Waals surface area contributed by atoms with E-state index in [-0.39, 0.29) is 0 Å². The third-order valence-electron chi connectivity index (χ3n) is 17.3. The second-order valence-corrected chi connectivity index (χ2v) is 26.3. The Kier molecular flexibility index (Phi) is 16.3. The lowest BCUT2D eigenvalue weighted by Crippen LogP contribution is -1.77. The fourth-order valence-electron chi connectivity index (χ4n) is 12.5. The molecule has 6 aromatic heterocycles. The molecule has 0 aliphatic rings. The van der Waals surface area contributed by atoms with Gasteiger partial charge in [0, 0.05) is 83.4 Å². The molecule has 0 saturated heterocycles. The first-order chi connectivity index (χ1) is 43.6. The third kappa shape index (κ3) is 11.4. The zero-order valence-corrected chi connectivity index (χ0v) is 54.9. The molecule has 6 heterocycles. The normalized spacial score (nSPS) is 11.3. The zero-order chi connectivity index (χ0) is 62.5. The van der Waals surface area contributed by atoms with Gasteiger partial charge in [0.05, 0.1) is 0 Å². The summed E-state index contributed by atoms with van der Waals surface area (Å²) in [5.41, 5.74) is 23.3. The van der Waals surface area contributed by atoms with Crippen LogP contribution in [0.2, 0.25) is 0 Å². The molecule has 90 heavy (non-hydrogen) atoms. The molecule has 18 rings (SSSR count). The molecule has 0 bridgehead atoms. The van der Waals surface area contributed by atoms with Crippen molar-refractivity contribution in [2.75, 3.05) is 0 Å². The first kappa shape index (κ1) is 59.3. The van der Waals surface area contributed by atoms with Gasteiger partial charge in [-0.2, -0.15) is 0 Å². The van der Waals surface area contributed by atoms with Crippen molar-refractivity contribution in [2.24, 2.45) is 0 Å². The molecule has 0 N–H and O–H groups in total. The van der Waals surface area contributed by atoms with E-state index >= 15 is 0 Å². The van der Waals surface area contributed by atoms with Crippen LogP contribution in [-0.4, -0.2) is 0 Å². The van der Waals surface area contributed by atoms with Crippen LogP contribution in [-0.2, 0) is 0 Å². The molecule has 444 valence electrons. The molecule has 0 aliphatic heterocycles. The molecule has 6 heteroatoms. The van der Waals surface area contributed by atoms with Gasteiger partial charge >= 0.3 is 0 Å². The number of aryl methyl sites for hydroxylation is 12. The maximum atomic E-state index is 5.91. The number of hydrogen-bond donors (Lipinski definition) is 0. The van der Waals surface area contributed by atoms with Crippen LogP contribution in [0, 0.1) is 83.1 Å². The van der Waals surface area contributed by atoms with Crippen molar-refractivity contribution in [1.29, 1.82) is 0 Å². The predicted molar refractivity (Wildman–Crippen MR) is 390 cm³/mol. The maximum absolute atomic E-state index is 5.91. The number of fused-ring (bicyclic) bond motifs is 18. The van der Waals surface area contributed by atoms with Crippen LogP contribution < -0.4 is 0 Å². The highest BCUT2D eigenvalue weighted by atomic mass is 32.1. The van der Waals surface area contributed by atoms with E-state index in [0.717, 1.165) is 44.7 Å². The van der Waals surface area contributed by atoms with E-state index in [2.05, 4.69) is 265 Å². The van der Waals surface area contributed by atoms with Crippen molar-refractivity contribution in [2.45, 2.75) is 83.1 Å². The number of para-hydroxylation sites is 4. The Morgan fingerprint density at radius 2 is 0.589 bits per heavy atom. The fraction of sp³-hybridized carbons (Fsp3) is 0.143. The molecule has 0 radical (unpaired) electrons. The van der Waals surface area contributed by atoms with Gasteiger partial charge in [-0.25, -0.2) is 0 Å². The van der Waals surface area contributed by atoms with Crippen LogP contribution in [0.25, 0.3) is 128 Å². The summed E-state index contributed by atoms with van der Waals surface area (Å²) < 4.78 is 29.1. The van der Waals surface area contributed by atoms with E-state index in [9.17, 15) is 0 Å². The van der Waals surface area contributed by atoms with Gasteiger partial charge in [-0.1, -0.05) is 181 Å². The van der Waals surface area contributed by atoms with Gasteiger partial charge < -0.3 is 17.7 Å². The summed E-state index contributed by atoms with van der Waals surface area (Å²) in [5.74, 6) is 0. The monoisotopic (exact) mass is 1210 g/mol. The van der Waals surface area contributed by atoms with Crippen LogP contribution in [0.4, 0.5) is 0 Å². The molecule has 12 aromatic carbocycles. The van der Waals surface area contributed by atoms with Gasteiger partial charge in [-0.05, 0) is 187 Å². The van der Waals surface area contributed by atoms with Crippen LogP contribution in [0.5, 0.6) is 0 Å². The maximum Gasteiger partial charge on any atom is 0.138 e. The summed E-state index contributed by atoms with van der Waals surface area (Å²) in [6.07, 6.45) is 0. The molecule has 0 saturated carbocycles. The summed E-state index contributed by atoms with van der Waals surface area (Å²) in [5, 5.41) is 15.4. The summed E-state index contributed by atoms with van der Waals surface area (Å²) in [6, 6.07) is 76.6. The topological polar surface area (TPSA) is 52.6 Å². The van der Waals surface area contributed by atoms with Gasteiger partial charge in [0.15, 0.2) is 0 Å². The Hall–Kier alpha value is -9.72. The van der Waals surface area contributed by atoms with E-state index in [4.69, 9.17) is 17.7 Å². The van der Waals surface area contributed by atoms with Crippen molar-refractivity contribution in [3.8, 4) is 0 Å². The molecule has 0 atom stereocenters. The summed E-state index contributed by atoms with van der Waals surface area (Å²) >= 11 is 3.80. The number of benzene rings is 12. The highest BCUT2D eigenvalue weighted by molar-refractivity contribution is 7.26. The third-order valence-corrected chi connectivity index (χ3v) is 19.9. The number of hydrogen-bond acceptors (Lipinski definition) is 6. The summed E-state index contributed by atoms with van der Waals surface area (Å²) in [6.45, 7) is 25.5. The first-order valence-corrected chi connectivity index (χ1v) is 32.5. The Labute approximate surface area is 533 Å². The lowest BCUT2D eigenvalue weighted by molar-refractivity contribution is 0.662. The van der Waals surface area contributed by atoms with Crippen molar-refractivity contribution >= 4 is 151 Å². The van der Waals surface area contributed by atoms with E-state index in [1.54, 1.807) is 0 Å². The molecular weight excluding hydrogens is 1140 g/mol. The van der Waals surface area contributed by atoms with Crippen LogP contribution in [0.1, 0.15) is 66.8 Å². The van der Waals surface area contributed by atoms with Crippen LogP contribution in [0.3, 0.4) is 0 Å². The standard InChI is InChI=1S/4C14H12O.2C14H12S/c1-9-5-4-8-12-13(9)11-7-3-6-10(2)14(11)15-12;1-9-3-5-13-11(7-9)12-8-10(2)4-6-14(12)15-13;1-9-5-3-7-11-12-8-4-6-10(2)14(12)15-13(9)11;1-9-7-8-10(2)14-13(9)11-5-3-4-6-12(11)15-14;1-9-3-5-11-12-6-4-10(2)8-14(12)15-13(11)7-9;1-9-5-3-7-11-12-8-4-6-10(2)14(12)15-13(9)11/h6*3-8H,1-2H3.